The Morgan fingerprint density at radius 2 is 2.26 bits per heavy atom. The van der Waals surface area contributed by atoms with E-state index in [1.807, 2.05) is 40.9 Å². The molecule has 0 N–H and O–H groups in total. The number of unbranched alkanes of at least 4 members (excludes halogenated alkanes) is 1. The lowest BCUT2D eigenvalue weighted by molar-refractivity contribution is 0.566. The molecule has 1 aliphatic carbocycles. The molecular weight excluding hydrogens is 286 g/mol. The third-order valence-electron chi connectivity index (χ3n) is 4.04. The van der Waals surface area contributed by atoms with E-state index in [-0.39, 0.29) is 0 Å². The molecule has 4 nitrogen and oxygen atoms in total. The molecule has 0 fully saturated rings. The fraction of sp³-hybridized carbons (Fsp3) is 0.263. The van der Waals surface area contributed by atoms with E-state index in [4.69, 9.17) is 5.26 Å². The predicted octanol–water partition coefficient (Wildman–Crippen LogP) is 3.53. The van der Waals surface area contributed by atoms with Gasteiger partial charge in [0.15, 0.2) is 0 Å². The van der Waals surface area contributed by atoms with Gasteiger partial charge in [0.05, 0.1) is 22.9 Å². The molecule has 1 atom stereocenters. The summed E-state index contributed by atoms with van der Waals surface area (Å²) in [6.45, 7) is 2.15. The van der Waals surface area contributed by atoms with Crippen molar-refractivity contribution in [2.45, 2.75) is 26.2 Å². The van der Waals surface area contributed by atoms with Gasteiger partial charge >= 0.3 is 0 Å². The van der Waals surface area contributed by atoms with Crippen molar-refractivity contribution in [3.63, 3.8) is 0 Å². The molecule has 0 aromatic carbocycles. The first kappa shape index (κ1) is 15.0. The van der Waals surface area contributed by atoms with E-state index in [2.05, 4.69) is 18.1 Å². The van der Waals surface area contributed by atoms with Gasteiger partial charge in [-0.05, 0) is 36.6 Å². The number of rotatable bonds is 4. The summed E-state index contributed by atoms with van der Waals surface area (Å²) in [4.78, 5) is 11.2. The summed E-state index contributed by atoms with van der Waals surface area (Å²) in [5.74, 6) is 1.38. The summed E-state index contributed by atoms with van der Waals surface area (Å²) in [5.41, 5.74) is 4.37. The van der Waals surface area contributed by atoms with Crippen molar-refractivity contribution in [1.29, 1.82) is 5.26 Å². The van der Waals surface area contributed by atoms with E-state index in [1.54, 1.807) is 12.2 Å². The zero-order chi connectivity index (χ0) is 16.2. The first-order chi connectivity index (χ1) is 11.3. The van der Waals surface area contributed by atoms with Crippen LogP contribution in [0.25, 0.3) is 11.1 Å². The Morgan fingerprint density at radius 1 is 1.39 bits per heavy atom. The van der Waals surface area contributed by atoms with Crippen LogP contribution in [0.1, 0.15) is 31.0 Å². The van der Waals surface area contributed by atoms with Gasteiger partial charge in [-0.15, -0.1) is 0 Å². The van der Waals surface area contributed by atoms with E-state index in [1.165, 1.54) is 0 Å². The van der Waals surface area contributed by atoms with Gasteiger partial charge in [-0.3, -0.25) is 0 Å². The molecule has 2 heterocycles. The van der Waals surface area contributed by atoms with Crippen LogP contribution >= 0.6 is 0 Å². The summed E-state index contributed by atoms with van der Waals surface area (Å²) < 4.78 is 1.87. The highest BCUT2D eigenvalue weighted by Crippen LogP contribution is 2.32. The summed E-state index contributed by atoms with van der Waals surface area (Å²) in [5, 5.41) is 13.8. The molecule has 0 radical (unpaired) electrons. The number of fused-ring (bicyclic) bond motifs is 1. The minimum atomic E-state index is -0.516. The van der Waals surface area contributed by atoms with E-state index >= 15 is 0 Å². The minimum absolute atomic E-state index is 0.377. The van der Waals surface area contributed by atoms with Crippen LogP contribution in [-0.4, -0.2) is 15.6 Å². The number of aryl methyl sites for hydroxylation is 1. The Labute approximate surface area is 135 Å². The molecule has 0 saturated carbocycles. The normalized spacial score (nSPS) is 17.0. The van der Waals surface area contributed by atoms with Crippen molar-refractivity contribution in [3.05, 3.63) is 59.5 Å². The van der Waals surface area contributed by atoms with Gasteiger partial charge in [0.25, 0.3) is 0 Å². The van der Waals surface area contributed by atoms with Gasteiger partial charge in [0, 0.05) is 11.8 Å². The number of nitriles is 1. The van der Waals surface area contributed by atoms with E-state index in [0.717, 1.165) is 41.6 Å². The maximum absolute atomic E-state index is 11.2. The van der Waals surface area contributed by atoms with E-state index in [0.29, 0.717) is 5.57 Å². The Hall–Kier alpha value is -2.89. The third-order valence-corrected chi connectivity index (χ3v) is 4.04. The summed E-state index contributed by atoms with van der Waals surface area (Å²) in [6, 6.07) is 8.05. The Morgan fingerprint density at radius 3 is 3.00 bits per heavy atom. The topological polar surface area (TPSA) is 58.2 Å². The van der Waals surface area contributed by atoms with Crippen molar-refractivity contribution in [2.75, 3.05) is 0 Å². The van der Waals surface area contributed by atoms with Crippen LogP contribution in [0, 0.1) is 17.2 Å². The quantitative estimate of drug-likeness (QED) is 0.812. The molecule has 1 aliphatic rings. The van der Waals surface area contributed by atoms with Gasteiger partial charge in [-0.2, -0.15) is 10.4 Å². The van der Waals surface area contributed by atoms with Crippen LogP contribution in [0.3, 0.4) is 0 Å². The standard InChI is InChI=1S/C19H17N3O/c1-2-3-6-17-19(18-7-4-5-10-22(18)21-17)14-8-9-15(12-20)16(11-14)13-23/h4-5,7-11,15H,2-3,6H2,1H3. The van der Waals surface area contributed by atoms with Crippen molar-refractivity contribution >= 4 is 17.0 Å². The lowest BCUT2D eigenvalue weighted by Gasteiger charge is -2.12. The van der Waals surface area contributed by atoms with Crippen LogP contribution in [0.15, 0.2) is 48.2 Å². The molecule has 0 amide bonds. The summed E-state index contributed by atoms with van der Waals surface area (Å²) >= 11 is 0. The number of hydrogen-bond donors (Lipinski definition) is 0. The molecule has 1 unspecified atom stereocenters. The van der Waals surface area contributed by atoms with Crippen LogP contribution in [-0.2, 0) is 11.2 Å². The molecule has 23 heavy (non-hydrogen) atoms. The third kappa shape index (κ3) is 2.75. The highest BCUT2D eigenvalue weighted by atomic mass is 16.1. The molecule has 0 aliphatic heterocycles. The van der Waals surface area contributed by atoms with Gasteiger partial charge in [0.2, 0.25) is 0 Å². The fourth-order valence-electron chi connectivity index (χ4n) is 2.85. The highest BCUT2D eigenvalue weighted by molar-refractivity contribution is 5.89. The number of allylic oxidation sites excluding steroid dienone is 5. The molecule has 0 spiro atoms. The monoisotopic (exact) mass is 303 g/mol. The zero-order valence-corrected chi connectivity index (χ0v) is 13.0. The molecule has 3 rings (SSSR count). The smallest absolute Gasteiger partial charge is 0.129 e. The second-order valence-electron chi connectivity index (χ2n) is 5.58. The predicted molar refractivity (Wildman–Crippen MR) is 89.2 cm³/mol. The maximum atomic E-state index is 11.2. The summed E-state index contributed by atoms with van der Waals surface area (Å²) in [7, 11) is 0. The van der Waals surface area contributed by atoms with Gasteiger partial charge in [-0.1, -0.05) is 31.6 Å². The van der Waals surface area contributed by atoms with Crippen molar-refractivity contribution in [3.8, 4) is 6.07 Å². The second-order valence-corrected chi connectivity index (χ2v) is 5.58. The molecule has 4 heteroatoms. The Bertz CT molecular complexity index is 889. The fourth-order valence-corrected chi connectivity index (χ4v) is 2.85. The molecular formula is C19H17N3O. The van der Waals surface area contributed by atoms with E-state index in [9.17, 15) is 4.79 Å². The SMILES string of the molecule is CCCCc1nn2ccccc2c1C1=CC(=C=O)C(C#N)C=C1. The summed E-state index contributed by atoms with van der Waals surface area (Å²) in [6.07, 6.45) is 10.4. The van der Waals surface area contributed by atoms with Crippen molar-refractivity contribution in [1.82, 2.24) is 9.61 Å². The average Bonchev–Trinajstić information content (AvgIpc) is 2.97. The lowest BCUT2D eigenvalue weighted by atomic mass is 9.89. The van der Waals surface area contributed by atoms with Crippen LogP contribution in [0.5, 0.6) is 0 Å². The average molecular weight is 303 g/mol. The first-order valence-corrected chi connectivity index (χ1v) is 7.79. The molecule has 114 valence electrons. The van der Waals surface area contributed by atoms with Gasteiger partial charge in [-0.25, -0.2) is 9.31 Å². The van der Waals surface area contributed by atoms with E-state index < -0.39 is 5.92 Å². The number of pyridine rings is 1. The van der Waals surface area contributed by atoms with Crippen LogP contribution < -0.4 is 0 Å². The largest absolute Gasteiger partial charge is 0.240 e. The second kappa shape index (κ2) is 6.48. The number of aromatic nitrogens is 2. The minimum Gasteiger partial charge on any atom is -0.240 e. The first-order valence-electron chi connectivity index (χ1n) is 7.79. The number of carbonyl (C=O) groups excluding carboxylic acids is 1. The maximum Gasteiger partial charge on any atom is 0.129 e. The number of nitrogens with zero attached hydrogens (tertiary/aromatic N) is 3. The van der Waals surface area contributed by atoms with Crippen molar-refractivity contribution < 1.29 is 4.79 Å². The molecule has 2 aromatic heterocycles. The Balaban J connectivity index is 2.15. The highest BCUT2D eigenvalue weighted by Gasteiger charge is 2.20. The van der Waals surface area contributed by atoms with Crippen LogP contribution in [0.2, 0.25) is 0 Å². The molecule has 0 bridgehead atoms. The van der Waals surface area contributed by atoms with Gasteiger partial charge < -0.3 is 0 Å². The van der Waals surface area contributed by atoms with Gasteiger partial charge in [0.1, 0.15) is 11.9 Å². The molecule has 2 aromatic rings. The number of hydrogen-bond acceptors (Lipinski definition) is 3. The lowest BCUT2D eigenvalue weighted by Crippen LogP contribution is -2.03. The van der Waals surface area contributed by atoms with Crippen LogP contribution in [0.4, 0.5) is 0 Å². The molecule has 0 saturated heterocycles. The van der Waals surface area contributed by atoms with Crippen molar-refractivity contribution in [2.24, 2.45) is 5.92 Å². The Kier molecular flexibility index (Phi) is 4.23. The zero-order valence-electron chi connectivity index (χ0n) is 13.0.